The molecule has 10 heteroatoms. The Balaban J connectivity index is 2.30. The van der Waals surface area contributed by atoms with E-state index in [4.69, 9.17) is 9.47 Å². The van der Waals surface area contributed by atoms with Gasteiger partial charge in [0.25, 0.3) is 0 Å². The lowest BCUT2D eigenvalue weighted by Gasteiger charge is -2.40. The molecule has 60 heavy (non-hydrogen) atoms. The van der Waals surface area contributed by atoms with Crippen molar-refractivity contribution in [2.75, 3.05) is 13.2 Å². The summed E-state index contributed by atoms with van der Waals surface area (Å²) in [5.74, 6) is -0.586. The van der Waals surface area contributed by atoms with Crippen molar-refractivity contribution < 1.29 is 44.9 Å². The van der Waals surface area contributed by atoms with E-state index in [1.54, 1.807) is 0 Å². The van der Waals surface area contributed by atoms with E-state index in [-0.39, 0.29) is 6.61 Å². The highest BCUT2D eigenvalue weighted by Gasteiger charge is 2.44. The Kier molecular flexibility index (Phi) is 38.6. The fraction of sp³-hybridized carbons (Fsp3) is 0.940. The lowest BCUT2D eigenvalue weighted by molar-refractivity contribution is -0.302. The second kappa shape index (κ2) is 40.7. The Bertz CT molecular complexity index is 968. The van der Waals surface area contributed by atoms with Crippen LogP contribution in [0.3, 0.4) is 0 Å². The summed E-state index contributed by atoms with van der Waals surface area (Å²) in [6, 6.07) is -0.893. The highest BCUT2D eigenvalue weighted by Crippen LogP contribution is 2.23. The molecule has 1 aliphatic heterocycles. The third-order valence-corrected chi connectivity index (χ3v) is 12.5. The van der Waals surface area contributed by atoms with Gasteiger partial charge in [-0.15, -0.1) is 0 Å². The molecule has 0 aromatic heterocycles. The molecular formula is C50H97NO9. The number of ether oxygens (including phenoxy) is 2. The molecule has 0 saturated carbocycles. The Morgan fingerprint density at radius 3 is 1.35 bits per heavy atom. The molecule has 0 aliphatic carbocycles. The van der Waals surface area contributed by atoms with Crippen LogP contribution in [-0.2, 0) is 14.3 Å². The van der Waals surface area contributed by atoms with E-state index in [0.29, 0.717) is 12.8 Å². The largest absolute Gasteiger partial charge is 0.394 e. The molecular weight excluding hydrogens is 759 g/mol. The second-order valence-corrected chi connectivity index (χ2v) is 18.1. The van der Waals surface area contributed by atoms with Crippen LogP contribution in [0.4, 0.5) is 0 Å². The third-order valence-electron chi connectivity index (χ3n) is 12.5. The number of carbonyl (C=O) groups excluding carboxylic acids is 1. The van der Waals surface area contributed by atoms with Crippen LogP contribution in [0.1, 0.15) is 239 Å². The number of rotatable bonds is 43. The lowest BCUT2D eigenvalue weighted by atomic mass is 9.99. The molecule has 7 N–H and O–H groups in total. The van der Waals surface area contributed by atoms with Crippen LogP contribution in [-0.4, -0.2) is 98.7 Å². The summed E-state index contributed by atoms with van der Waals surface area (Å²) in [5, 5.41) is 64.9. The van der Waals surface area contributed by atoms with Gasteiger partial charge in [-0.05, 0) is 38.5 Å². The van der Waals surface area contributed by atoms with Gasteiger partial charge in [-0.1, -0.05) is 212 Å². The van der Waals surface area contributed by atoms with Gasteiger partial charge in [0, 0.05) is 0 Å². The number of aliphatic hydroxyl groups is 6. The molecule has 0 aromatic carbocycles. The fourth-order valence-electron chi connectivity index (χ4n) is 8.28. The molecule has 8 atom stereocenters. The molecule has 0 radical (unpaired) electrons. The summed E-state index contributed by atoms with van der Waals surface area (Å²) in [4.78, 5) is 13.1. The summed E-state index contributed by atoms with van der Waals surface area (Å²) >= 11 is 0. The van der Waals surface area contributed by atoms with Crippen LogP contribution < -0.4 is 5.32 Å². The van der Waals surface area contributed by atoms with E-state index in [2.05, 4.69) is 31.3 Å². The summed E-state index contributed by atoms with van der Waals surface area (Å²) < 4.78 is 11.2. The Morgan fingerprint density at radius 2 is 0.933 bits per heavy atom. The van der Waals surface area contributed by atoms with Gasteiger partial charge >= 0.3 is 0 Å². The summed E-state index contributed by atoms with van der Waals surface area (Å²) in [6.45, 7) is 3.68. The van der Waals surface area contributed by atoms with Crippen LogP contribution in [0, 0.1) is 0 Å². The minimum atomic E-state index is -1.60. The quantitative estimate of drug-likeness (QED) is 0.0233. The number of carbonyl (C=O) groups is 1. The van der Waals surface area contributed by atoms with E-state index < -0.39 is 61.5 Å². The zero-order valence-electron chi connectivity index (χ0n) is 38.8. The number of amides is 1. The molecule has 0 spiro atoms. The molecule has 0 bridgehead atoms. The van der Waals surface area contributed by atoms with Crippen LogP contribution in [0.25, 0.3) is 0 Å². The monoisotopic (exact) mass is 856 g/mol. The van der Waals surface area contributed by atoms with Gasteiger partial charge in [0.1, 0.15) is 30.5 Å². The van der Waals surface area contributed by atoms with Crippen LogP contribution in [0.5, 0.6) is 0 Å². The number of nitrogens with one attached hydrogen (secondary N) is 1. The van der Waals surface area contributed by atoms with E-state index in [1.165, 1.54) is 154 Å². The highest BCUT2D eigenvalue weighted by molar-refractivity contribution is 5.80. The molecule has 1 saturated heterocycles. The van der Waals surface area contributed by atoms with Crippen molar-refractivity contribution in [1.29, 1.82) is 0 Å². The van der Waals surface area contributed by atoms with Crippen LogP contribution in [0.15, 0.2) is 12.2 Å². The second-order valence-electron chi connectivity index (χ2n) is 18.1. The molecule has 1 aliphatic rings. The van der Waals surface area contributed by atoms with Crippen molar-refractivity contribution in [3.63, 3.8) is 0 Å². The topological polar surface area (TPSA) is 169 Å². The van der Waals surface area contributed by atoms with E-state index in [0.717, 1.165) is 57.8 Å². The normalized spacial score (nSPS) is 21.1. The lowest BCUT2D eigenvalue weighted by Crippen LogP contribution is -2.60. The predicted octanol–water partition coefficient (Wildman–Crippen LogP) is 10.3. The zero-order valence-corrected chi connectivity index (χ0v) is 38.8. The summed E-state index contributed by atoms with van der Waals surface area (Å²) in [7, 11) is 0. The average Bonchev–Trinajstić information content (AvgIpc) is 3.25. The van der Waals surface area contributed by atoms with Gasteiger partial charge in [0.2, 0.25) is 5.91 Å². The molecule has 1 heterocycles. The van der Waals surface area contributed by atoms with Gasteiger partial charge in [0.05, 0.1) is 25.4 Å². The zero-order chi connectivity index (χ0) is 43.9. The first-order valence-electron chi connectivity index (χ1n) is 25.5. The van der Waals surface area contributed by atoms with E-state index in [9.17, 15) is 35.4 Å². The minimum Gasteiger partial charge on any atom is -0.394 e. The number of hydrogen-bond acceptors (Lipinski definition) is 9. The Hall–Kier alpha value is -1.11. The third kappa shape index (κ3) is 30.1. The van der Waals surface area contributed by atoms with Crippen LogP contribution in [0.2, 0.25) is 0 Å². The number of allylic oxidation sites excluding steroid dienone is 2. The maximum atomic E-state index is 13.1. The first kappa shape index (κ1) is 56.9. The summed E-state index contributed by atoms with van der Waals surface area (Å²) in [5.41, 5.74) is 0. The molecule has 1 rings (SSSR count). The predicted molar refractivity (Wildman–Crippen MR) is 246 cm³/mol. The maximum absolute atomic E-state index is 13.1. The van der Waals surface area contributed by atoms with Crippen molar-refractivity contribution in [2.45, 2.75) is 288 Å². The van der Waals surface area contributed by atoms with Crippen molar-refractivity contribution in [3.05, 3.63) is 12.2 Å². The standard InChI is InChI=1S/C50H97NO9/c1-3-5-7-9-11-13-15-17-18-19-20-21-22-23-24-25-27-29-31-33-35-37-39-44(54)49(58)51-42(41-59-50-48(57)47(56)46(55)45(40-52)60-50)43(53)38-36-34-32-30-28-26-16-14-12-10-8-6-4-2/h23-24,42-48,50,52-57H,3-22,25-41H2,1-2H3,(H,51,58)/b24-23-. The Labute approximate surface area is 368 Å². The molecule has 1 fully saturated rings. The van der Waals surface area contributed by atoms with Gasteiger partial charge in [-0.3, -0.25) is 4.79 Å². The smallest absolute Gasteiger partial charge is 0.249 e. The van der Waals surface area contributed by atoms with E-state index >= 15 is 0 Å². The van der Waals surface area contributed by atoms with Gasteiger partial charge in [0.15, 0.2) is 6.29 Å². The minimum absolute atomic E-state index is 0.255. The van der Waals surface area contributed by atoms with E-state index in [1.807, 2.05) is 0 Å². The molecule has 1 amide bonds. The number of unbranched alkanes of at least 4 members (excludes halogenated alkanes) is 30. The summed E-state index contributed by atoms with van der Waals surface area (Å²) in [6.07, 6.45) is 36.9. The highest BCUT2D eigenvalue weighted by atomic mass is 16.7. The maximum Gasteiger partial charge on any atom is 0.249 e. The Morgan fingerprint density at radius 1 is 0.550 bits per heavy atom. The van der Waals surface area contributed by atoms with Crippen molar-refractivity contribution in [3.8, 4) is 0 Å². The average molecular weight is 856 g/mol. The number of hydrogen-bond donors (Lipinski definition) is 7. The van der Waals surface area contributed by atoms with Gasteiger partial charge in [-0.25, -0.2) is 0 Å². The number of aliphatic hydroxyl groups excluding tert-OH is 6. The van der Waals surface area contributed by atoms with Crippen molar-refractivity contribution >= 4 is 5.91 Å². The molecule has 0 aromatic rings. The van der Waals surface area contributed by atoms with Crippen molar-refractivity contribution in [1.82, 2.24) is 5.32 Å². The van der Waals surface area contributed by atoms with Gasteiger partial charge in [-0.2, -0.15) is 0 Å². The molecule has 356 valence electrons. The fourth-order valence-corrected chi connectivity index (χ4v) is 8.28. The molecule has 8 unspecified atom stereocenters. The van der Waals surface area contributed by atoms with Crippen molar-refractivity contribution in [2.24, 2.45) is 0 Å². The SMILES string of the molecule is CCCCCCCCCCCCCC/C=C\CCCCCCCCC(O)C(=O)NC(COC1OC(CO)C(O)C(O)C1O)C(O)CCCCCCCCCCCCCCC. The van der Waals surface area contributed by atoms with Crippen LogP contribution >= 0.6 is 0 Å². The first-order valence-corrected chi connectivity index (χ1v) is 25.5. The van der Waals surface area contributed by atoms with Gasteiger partial charge < -0.3 is 45.4 Å². The molecule has 10 nitrogen and oxygen atoms in total. The first-order chi connectivity index (χ1) is 29.3.